The number of aromatic nitrogens is 1. The van der Waals surface area contributed by atoms with Crippen LogP contribution >= 0.6 is 22.9 Å². The Balaban J connectivity index is 2.41. The lowest BCUT2D eigenvalue weighted by atomic mass is 10.2. The second kappa shape index (κ2) is 5.28. The molecule has 1 heterocycles. The molecule has 0 atom stereocenters. The van der Waals surface area contributed by atoms with Gasteiger partial charge in [0.15, 0.2) is 9.84 Å². The van der Waals surface area contributed by atoms with E-state index in [1.165, 1.54) is 29.7 Å². The number of hydrogen-bond acceptors (Lipinski definition) is 5. The predicted octanol–water partition coefficient (Wildman–Crippen LogP) is 2.47. The fraction of sp³-hybridized carbons (Fsp3) is 0.0909. The first-order chi connectivity index (χ1) is 8.90. The number of benzene rings is 1. The van der Waals surface area contributed by atoms with E-state index in [1.54, 1.807) is 5.38 Å². The summed E-state index contributed by atoms with van der Waals surface area (Å²) in [4.78, 5) is 14.7. The summed E-state index contributed by atoms with van der Waals surface area (Å²) in [5, 5.41) is 11.1. The molecule has 0 saturated carbocycles. The van der Waals surface area contributed by atoms with Gasteiger partial charge in [0.25, 0.3) is 0 Å². The molecule has 1 N–H and O–H groups in total. The molecule has 0 aliphatic heterocycles. The molecule has 1 aromatic heterocycles. The normalized spacial score (nSPS) is 11.4. The van der Waals surface area contributed by atoms with Gasteiger partial charge in [-0.15, -0.1) is 11.3 Å². The van der Waals surface area contributed by atoms with Crippen LogP contribution in [0.2, 0.25) is 5.02 Å². The Hall–Kier alpha value is -1.44. The van der Waals surface area contributed by atoms with Gasteiger partial charge in [-0.1, -0.05) is 11.6 Å². The van der Waals surface area contributed by atoms with Gasteiger partial charge in [0, 0.05) is 11.6 Å². The highest BCUT2D eigenvalue weighted by Crippen LogP contribution is 2.23. The van der Waals surface area contributed by atoms with Crippen LogP contribution in [0, 0.1) is 0 Å². The molecule has 19 heavy (non-hydrogen) atoms. The Morgan fingerprint density at radius 3 is 2.74 bits per heavy atom. The largest absolute Gasteiger partial charge is 0.478 e. The molecule has 0 aliphatic carbocycles. The van der Waals surface area contributed by atoms with E-state index in [4.69, 9.17) is 16.7 Å². The quantitative estimate of drug-likeness (QED) is 0.936. The maximum Gasteiger partial charge on any atom is 0.337 e. The zero-order valence-electron chi connectivity index (χ0n) is 9.41. The Morgan fingerprint density at radius 1 is 1.42 bits per heavy atom. The van der Waals surface area contributed by atoms with Crippen LogP contribution in [0.4, 0.5) is 0 Å². The molecule has 0 unspecified atom stereocenters. The summed E-state index contributed by atoms with van der Waals surface area (Å²) < 4.78 is 24.2. The van der Waals surface area contributed by atoms with Crippen molar-refractivity contribution in [1.29, 1.82) is 0 Å². The van der Waals surface area contributed by atoms with E-state index in [0.29, 0.717) is 5.01 Å². The molecule has 8 heteroatoms. The highest BCUT2D eigenvalue weighted by molar-refractivity contribution is 7.90. The number of aromatic carboxylic acids is 1. The van der Waals surface area contributed by atoms with Gasteiger partial charge in [0.2, 0.25) is 0 Å². The summed E-state index contributed by atoms with van der Waals surface area (Å²) in [7, 11) is -3.63. The lowest BCUT2D eigenvalue weighted by Gasteiger charge is -2.05. The van der Waals surface area contributed by atoms with Gasteiger partial charge in [-0.25, -0.2) is 18.2 Å². The number of rotatable bonds is 4. The third-order valence-corrected chi connectivity index (χ3v) is 5.24. The maximum atomic E-state index is 12.1. The second-order valence-electron chi connectivity index (χ2n) is 3.63. The average Bonchev–Trinajstić information content (AvgIpc) is 2.80. The zero-order valence-corrected chi connectivity index (χ0v) is 11.8. The van der Waals surface area contributed by atoms with Crippen molar-refractivity contribution >= 4 is 38.7 Å². The maximum absolute atomic E-state index is 12.1. The second-order valence-corrected chi connectivity index (χ2v) is 7.01. The van der Waals surface area contributed by atoms with E-state index in [9.17, 15) is 13.2 Å². The zero-order chi connectivity index (χ0) is 14.0. The topological polar surface area (TPSA) is 84.3 Å². The van der Waals surface area contributed by atoms with Gasteiger partial charge in [0.1, 0.15) is 10.8 Å². The van der Waals surface area contributed by atoms with Gasteiger partial charge >= 0.3 is 5.97 Å². The lowest BCUT2D eigenvalue weighted by Crippen LogP contribution is -2.07. The van der Waals surface area contributed by atoms with Gasteiger partial charge in [-0.2, -0.15) is 0 Å². The van der Waals surface area contributed by atoms with Crippen molar-refractivity contribution in [2.75, 3.05) is 0 Å². The summed E-state index contributed by atoms with van der Waals surface area (Å²) in [5.74, 6) is -1.53. The third kappa shape index (κ3) is 3.12. The Morgan fingerprint density at radius 2 is 2.16 bits per heavy atom. The highest BCUT2D eigenvalue weighted by Gasteiger charge is 2.20. The van der Waals surface area contributed by atoms with Crippen molar-refractivity contribution in [3.8, 4) is 0 Å². The minimum absolute atomic E-state index is 0.000647. The van der Waals surface area contributed by atoms with E-state index in [0.717, 1.165) is 6.07 Å². The van der Waals surface area contributed by atoms with Gasteiger partial charge in [-0.05, 0) is 18.2 Å². The molecule has 0 fully saturated rings. The molecule has 2 aromatic rings. The summed E-state index contributed by atoms with van der Waals surface area (Å²) >= 11 is 6.92. The first-order valence-electron chi connectivity index (χ1n) is 5.04. The summed E-state index contributed by atoms with van der Waals surface area (Å²) in [6, 6.07) is 3.62. The smallest absolute Gasteiger partial charge is 0.337 e. The van der Waals surface area contributed by atoms with Crippen molar-refractivity contribution in [2.24, 2.45) is 0 Å². The number of halogens is 1. The molecule has 5 nitrogen and oxygen atoms in total. The van der Waals surface area contributed by atoms with E-state index in [2.05, 4.69) is 4.98 Å². The molecule has 0 amide bonds. The molecule has 0 aliphatic rings. The fourth-order valence-corrected chi connectivity index (χ4v) is 3.91. The minimum Gasteiger partial charge on any atom is -0.478 e. The van der Waals surface area contributed by atoms with Gasteiger partial charge < -0.3 is 5.11 Å². The van der Waals surface area contributed by atoms with Gasteiger partial charge in [0.05, 0.1) is 15.5 Å². The van der Waals surface area contributed by atoms with Crippen molar-refractivity contribution in [2.45, 2.75) is 10.6 Å². The molecule has 0 spiro atoms. The number of carbonyl (C=O) groups is 1. The van der Waals surface area contributed by atoms with Crippen LogP contribution in [0.3, 0.4) is 0 Å². The molecule has 1 aromatic carbocycles. The van der Waals surface area contributed by atoms with Crippen LogP contribution in [0.25, 0.3) is 0 Å². The lowest BCUT2D eigenvalue weighted by molar-refractivity contribution is 0.0697. The van der Waals surface area contributed by atoms with E-state index >= 15 is 0 Å². The number of thiazole rings is 1. The van der Waals surface area contributed by atoms with Crippen molar-refractivity contribution in [3.63, 3.8) is 0 Å². The Labute approximate surface area is 118 Å². The average molecular weight is 318 g/mol. The van der Waals surface area contributed by atoms with Crippen LogP contribution in [0.1, 0.15) is 15.4 Å². The molecular formula is C11H8ClNO4S2. The third-order valence-electron chi connectivity index (χ3n) is 2.32. The minimum atomic E-state index is -3.63. The van der Waals surface area contributed by atoms with Crippen LogP contribution in [0.15, 0.2) is 34.7 Å². The highest BCUT2D eigenvalue weighted by atomic mass is 35.5. The van der Waals surface area contributed by atoms with Crippen molar-refractivity contribution in [3.05, 3.63) is 45.4 Å². The van der Waals surface area contributed by atoms with E-state index in [1.807, 2.05) is 0 Å². The Kier molecular flexibility index (Phi) is 3.88. The molecule has 0 bridgehead atoms. The van der Waals surface area contributed by atoms with Crippen molar-refractivity contribution in [1.82, 2.24) is 4.98 Å². The molecule has 0 saturated heterocycles. The monoisotopic (exact) mass is 317 g/mol. The number of carboxylic acids is 1. The van der Waals surface area contributed by atoms with Crippen LogP contribution in [-0.4, -0.2) is 24.5 Å². The summed E-state index contributed by atoms with van der Waals surface area (Å²) in [6.45, 7) is 0. The predicted molar refractivity (Wildman–Crippen MR) is 71.4 cm³/mol. The molecule has 0 radical (unpaired) electrons. The van der Waals surface area contributed by atoms with Crippen LogP contribution in [-0.2, 0) is 15.6 Å². The molecule has 100 valence electrons. The molecule has 2 rings (SSSR count). The van der Waals surface area contributed by atoms with Crippen LogP contribution in [0.5, 0.6) is 0 Å². The van der Waals surface area contributed by atoms with E-state index in [-0.39, 0.29) is 21.2 Å². The van der Waals surface area contributed by atoms with Crippen LogP contribution < -0.4 is 0 Å². The fourth-order valence-electron chi connectivity index (χ4n) is 1.43. The van der Waals surface area contributed by atoms with Crippen molar-refractivity contribution < 1.29 is 18.3 Å². The number of carboxylic acid groups (broad SMARTS) is 1. The van der Waals surface area contributed by atoms with Gasteiger partial charge in [-0.3, -0.25) is 0 Å². The van der Waals surface area contributed by atoms with E-state index < -0.39 is 15.8 Å². The standard InChI is InChI=1S/C11H8ClNO4S2/c12-9-2-1-7(5-8(9)11(14)15)19(16,17)6-10-13-3-4-18-10/h1-5H,6H2,(H,14,15). The summed E-state index contributed by atoms with van der Waals surface area (Å²) in [5.41, 5.74) is -0.234. The number of nitrogens with zero attached hydrogens (tertiary/aromatic N) is 1. The SMILES string of the molecule is O=C(O)c1cc(S(=O)(=O)Cc2nccs2)ccc1Cl. The number of hydrogen-bond donors (Lipinski definition) is 1. The Bertz CT molecular complexity index is 710. The molecular weight excluding hydrogens is 310 g/mol. The number of sulfone groups is 1. The first kappa shape index (κ1) is 14.0. The summed E-state index contributed by atoms with van der Waals surface area (Å²) in [6.07, 6.45) is 1.51. The first-order valence-corrected chi connectivity index (χ1v) is 7.95.